The van der Waals surface area contributed by atoms with Crippen molar-refractivity contribution in [1.29, 1.82) is 0 Å². The molecule has 4 rings (SSSR count). The number of ether oxygens (including phenoxy) is 1. The van der Waals surface area contributed by atoms with Crippen LogP contribution >= 0.6 is 0 Å². The maximum absolute atomic E-state index is 12.0. The molecule has 1 aromatic carbocycles. The van der Waals surface area contributed by atoms with Crippen molar-refractivity contribution in [1.82, 2.24) is 10.2 Å². The van der Waals surface area contributed by atoms with Crippen molar-refractivity contribution in [2.75, 3.05) is 26.2 Å². The van der Waals surface area contributed by atoms with E-state index in [-0.39, 0.29) is 12.0 Å². The molecule has 6 nitrogen and oxygen atoms in total. The molecule has 1 amide bonds. The van der Waals surface area contributed by atoms with Gasteiger partial charge < -0.3 is 20.1 Å². The number of carboxylic acid groups (broad SMARTS) is 1. The Morgan fingerprint density at radius 1 is 1.16 bits per heavy atom. The van der Waals surface area contributed by atoms with Crippen molar-refractivity contribution in [2.45, 2.75) is 50.5 Å². The molecule has 2 N–H and O–H groups in total. The smallest absolute Gasteiger partial charge is 0.475 e. The van der Waals surface area contributed by atoms with Crippen LogP contribution in [-0.4, -0.2) is 66.4 Å². The summed E-state index contributed by atoms with van der Waals surface area (Å²) in [5.41, 5.74) is 1.40. The van der Waals surface area contributed by atoms with Gasteiger partial charge in [-0.15, -0.1) is 0 Å². The largest absolute Gasteiger partial charge is 0.490 e. The minimum Gasteiger partial charge on any atom is -0.475 e. The van der Waals surface area contributed by atoms with Crippen LogP contribution < -0.4 is 5.32 Å². The third-order valence-electron chi connectivity index (χ3n) is 5.89. The van der Waals surface area contributed by atoms with Gasteiger partial charge in [-0.2, -0.15) is 13.2 Å². The second kappa shape index (κ2) is 10.5. The van der Waals surface area contributed by atoms with Crippen molar-refractivity contribution in [3.8, 4) is 0 Å². The average molecular weight is 442 g/mol. The normalized spacial score (nSPS) is 25.5. The van der Waals surface area contributed by atoms with E-state index >= 15 is 0 Å². The number of nitrogens with one attached hydrogen (secondary N) is 1. The molecule has 2 aliphatic heterocycles. The van der Waals surface area contributed by atoms with Crippen LogP contribution in [0.2, 0.25) is 0 Å². The lowest BCUT2D eigenvalue weighted by Crippen LogP contribution is -2.31. The Bertz CT molecular complexity index is 726. The van der Waals surface area contributed by atoms with E-state index in [9.17, 15) is 18.0 Å². The summed E-state index contributed by atoms with van der Waals surface area (Å²) >= 11 is 0. The average Bonchev–Trinajstić information content (AvgIpc) is 3.36. The molecule has 3 atom stereocenters. The SMILES string of the molecule is O=C(C[C@H]1C[C@H]2CN(CCc3ccccc3)C[C@H]2O1)NCC1CC1.O=C(O)C(F)(F)F. The molecular weight excluding hydrogens is 413 g/mol. The highest BCUT2D eigenvalue weighted by atomic mass is 19.4. The lowest BCUT2D eigenvalue weighted by atomic mass is 10.0. The fraction of sp³-hybridized carbons (Fsp3) is 0.636. The van der Waals surface area contributed by atoms with E-state index in [1.165, 1.54) is 18.4 Å². The predicted molar refractivity (Wildman–Crippen MR) is 107 cm³/mol. The zero-order valence-electron chi connectivity index (χ0n) is 17.3. The van der Waals surface area contributed by atoms with Gasteiger partial charge in [-0.3, -0.25) is 4.79 Å². The summed E-state index contributed by atoms with van der Waals surface area (Å²) in [6.45, 7) is 4.12. The highest BCUT2D eigenvalue weighted by Gasteiger charge is 2.42. The summed E-state index contributed by atoms with van der Waals surface area (Å²) in [4.78, 5) is 23.4. The number of alkyl halides is 3. The first-order valence-corrected chi connectivity index (χ1v) is 10.7. The Morgan fingerprint density at radius 3 is 2.42 bits per heavy atom. The topological polar surface area (TPSA) is 78.9 Å². The number of halogens is 3. The minimum absolute atomic E-state index is 0.135. The van der Waals surface area contributed by atoms with Crippen LogP contribution in [0.1, 0.15) is 31.2 Å². The van der Waals surface area contributed by atoms with E-state index in [2.05, 4.69) is 40.5 Å². The summed E-state index contributed by atoms with van der Waals surface area (Å²) < 4.78 is 37.9. The van der Waals surface area contributed by atoms with Gasteiger partial charge in [-0.1, -0.05) is 30.3 Å². The van der Waals surface area contributed by atoms with Gasteiger partial charge in [-0.05, 0) is 37.2 Å². The fourth-order valence-corrected chi connectivity index (χ4v) is 4.05. The first-order chi connectivity index (χ1) is 14.7. The Morgan fingerprint density at radius 2 is 1.84 bits per heavy atom. The maximum Gasteiger partial charge on any atom is 0.490 e. The number of carbonyl (C=O) groups is 2. The molecule has 1 aliphatic carbocycles. The molecule has 31 heavy (non-hydrogen) atoms. The van der Waals surface area contributed by atoms with Gasteiger partial charge in [0.25, 0.3) is 0 Å². The number of benzene rings is 1. The highest BCUT2D eigenvalue weighted by Crippen LogP contribution is 2.34. The molecule has 9 heteroatoms. The number of nitrogens with zero attached hydrogens (tertiary/aromatic N) is 1. The van der Waals surface area contributed by atoms with E-state index in [4.69, 9.17) is 14.6 Å². The van der Waals surface area contributed by atoms with Crippen molar-refractivity contribution in [3.05, 3.63) is 35.9 Å². The van der Waals surface area contributed by atoms with Gasteiger partial charge >= 0.3 is 12.1 Å². The molecule has 0 aromatic heterocycles. The van der Waals surface area contributed by atoms with Crippen LogP contribution in [0.4, 0.5) is 13.2 Å². The molecule has 1 aromatic rings. The van der Waals surface area contributed by atoms with Gasteiger partial charge in [-0.25, -0.2) is 4.79 Å². The summed E-state index contributed by atoms with van der Waals surface area (Å²) in [7, 11) is 0. The van der Waals surface area contributed by atoms with E-state index in [0.29, 0.717) is 18.4 Å². The Hall–Kier alpha value is -2.13. The minimum atomic E-state index is -5.08. The van der Waals surface area contributed by atoms with Crippen molar-refractivity contribution >= 4 is 11.9 Å². The number of carbonyl (C=O) groups excluding carboxylic acids is 1. The van der Waals surface area contributed by atoms with Gasteiger partial charge in [0.15, 0.2) is 0 Å². The number of rotatable bonds is 7. The summed E-state index contributed by atoms with van der Waals surface area (Å²) in [6.07, 6.45) is 0.643. The van der Waals surface area contributed by atoms with Crippen LogP contribution in [0.15, 0.2) is 30.3 Å². The number of likely N-dealkylation sites (tertiary alicyclic amines) is 1. The summed E-state index contributed by atoms with van der Waals surface area (Å²) in [6, 6.07) is 10.7. The first-order valence-electron chi connectivity index (χ1n) is 10.7. The molecule has 0 unspecified atom stereocenters. The molecule has 172 valence electrons. The quantitative estimate of drug-likeness (QED) is 0.679. The van der Waals surface area contributed by atoms with Crippen LogP contribution in [-0.2, 0) is 20.7 Å². The second-order valence-corrected chi connectivity index (χ2v) is 8.54. The van der Waals surface area contributed by atoms with Gasteiger partial charge in [0.05, 0.1) is 18.6 Å². The second-order valence-electron chi connectivity index (χ2n) is 8.54. The van der Waals surface area contributed by atoms with E-state index < -0.39 is 12.1 Å². The first kappa shape index (κ1) is 23.5. The van der Waals surface area contributed by atoms with Crippen molar-refractivity contribution < 1.29 is 32.6 Å². The van der Waals surface area contributed by atoms with E-state index in [1.807, 2.05) is 0 Å². The number of hydrogen-bond acceptors (Lipinski definition) is 4. The van der Waals surface area contributed by atoms with Crippen molar-refractivity contribution in [2.24, 2.45) is 11.8 Å². The third kappa shape index (κ3) is 7.81. The van der Waals surface area contributed by atoms with Crippen LogP contribution in [0.3, 0.4) is 0 Å². The third-order valence-corrected chi connectivity index (χ3v) is 5.89. The van der Waals surface area contributed by atoms with E-state index in [0.717, 1.165) is 44.9 Å². The Labute approximate surface area is 179 Å². The molecule has 0 radical (unpaired) electrons. The number of aliphatic carboxylic acids is 1. The molecule has 0 bridgehead atoms. The van der Waals surface area contributed by atoms with Gasteiger partial charge in [0.2, 0.25) is 5.91 Å². The fourth-order valence-electron chi connectivity index (χ4n) is 4.05. The van der Waals surface area contributed by atoms with Crippen LogP contribution in [0.5, 0.6) is 0 Å². The predicted octanol–water partition coefficient (Wildman–Crippen LogP) is 2.87. The summed E-state index contributed by atoms with van der Waals surface area (Å²) in [5, 5.41) is 10.2. The number of hydrogen-bond donors (Lipinski definition) is 2. The molecule has 3 aliphatic rings. The molecule has 2 saturated heterocycles. The van der Waals surface area contributed by atoms with Crippen LogP contribution in [0.25, 0.3) is 0 Å². The highest BCUT2D eigenvalue weighted by molar-refractivity contribution is 5.76. The Balaban J connectivity index is 0.000000339. The van der Waals surface area contributed by atoms with E-state index in [1.54, 1.807) is 0 Å². The lowest BCUT2D eigenvalue weighted by molar-refractivity contribution is -0.192. The van der Waals surface area contributed by atoms with Gasteiger partial charge in [0.1, 0.15) is 0 Å². The molecule has 2 heterocycles. The van der Waals surface area contributed by atoms with Crippen molar-refractivity contribution in [3.63, 3.8) is 0 Å². The number of amides is 1. The summed E-state index contributed by atoms with van der Waals surface area (Å²) in [5.74, 6) is -1.22. The van der Waals surface area contributed by atoms with Gasteiger partial charge in [0, 0.05) is 32.1 Å². The van der Waals surface area contributed by atoms with Crippen LogP contribution in [0, 0.1) is 11.8 Å². The Kier molecular flexibility index (Phi) is 7.94. The number of fused-ring (bicyclic) bond motifs is 1. The molecular formula is C22H29F3N2O4. The molecule has 0 spiro atoms. The molecule has 3 fully saturated rings. The zero-order chi connectivity index (χ0) is 22.4. The monoisotopic (exact) mass is 442 g/mol. The zero-order valence-corrected chi connectivity index (χ0v) is 17.3. The molecule has 1 saturated carbocycles. The lowest BCUT2D eigenvalue weighted by Gasteiger charge is -2.19. The maximum atomic E-state index is 12.0. The number of carboxylic acids is 1. The standard InChI is InChI=1S/C20H28N2O2.C2HF3O2/c23-20(21-12-16-6-7-16)11-18-10-17-13-22(14-19(17)24-18)9-8-15-4-2-1-3-5-15;3-2(4,5)1(6)7/h1-5,16-19H,6-14H2,(H,21,23);(H,6,7)/t17-,18+,19+;/m0./s1.